The van der Waals surface area contributed by atoms with Crippen molar-refractivity contribution in [1.82, 2.24) is 0 Å². The van der Waals surface area contributed by atoms with Crippen molar-refractivity contribution < 1.29 is 9.53 Å². The van der Waals surface area contributed by atoms with Crippen molar-refractivity contribution in [3.63, 3.8) is 0 Å². The first-order chi connectivity index (χ1) is 13.1. The largest absolute Gasteiger partial charge is 0.489 e. The fraction of sp³-hybridized carbons (Fsp3) is 0.0870. The van der Waals surface area contributed by atoms with Gasteiger partial charge in [0.05, 0.1) is 0 Å². The van der Waals surface area contributed by atoms with Gasteiger partial charge in [0.15, 0.2) is 0 Å². The van der Waals surface area contributed by atoms with E-state index < -0.39 is 0 Å². The number of rotatable bonds is 6. The van der Waals surface area contributed by atoms with Crippen LogP contribution in [0.15, 0.2) is 78.9 Å². The number of carbonyl (C=O) groups excluding carboxylic acids is 1. The molecule has 0 saturated heterocycles. The van der Waals surface area contributed by atoms with Gasteiger partial charge in [-0.3, -0.25) is 4.79 Å². The molecule has 0 unspecified atom stereocenters. The molecule has 0 aliphatic heterocycles. The lowest BCUT2D eigenvalue weighted by Crippen LogP contribution is -2.08. The average Bonchev–Trinajstić information content (AvgIpc) is 2.68. The van der Waals surface area contributed by atoms with Crippen LogP contribution in [-0.4, -0.2) is 5.91 Å². The second-order valence-electron chi connectivity index (χ2n) is 6.13. The van der Waals surface area contributed by atoms with Crippen LogP contribution in [0.3, 0.4) is 0 Å². The van der Waals surface area contributed by atoms with E-state index in [0.29, 0.717) is 11.6 Å². The topological polar surface area (TPSA) is 38.3 Å². The molecule has 0 spiro atoms. The molecule has 0 fully saturated rings. The van der Waals surface area contributed by atoms with E-state index in [-0.39, 0.29) is 5.91 Å². The third-order valence-corrected chi connectivity index (χ3v) is 4.24. The van der Waals surface area contributed by atoms with Crippen molar-refractivity contribution >= 4 is 29.3 Å². The molecule has 3 rings (SSSR count). The number of hydrogen-bond donors (Lipinski definition) is 1. The summed E-state index contributed by atoms with van der Waals surface area (Å²) in [5, 5.41) is 3.50. The van der Waals surface area contributed by atoms with Gasteiger partial charge in [0, 0.05) is 16.8 Å². The molecule has 0 aliphatic carbocycles. The molecule has 3 aromatic rings. The van der Waals surface area contributed by atoms with E-state index in [2.05, 4.69) is 5.32 Å². The second-order valence-corrected chi connectivity index (χ2v) is 6.56. The van der Waals surface area contributed by atoms with E-state index in [0.717, 1.165) is 28.1 Å². The van der Waals surface area contributed by atoms with Gasteiger partial charge < -0.3 is 10.1 Å². The van der Waals surface area contributed by atoms with Crippen LogP contribution >= 0.6 is 11.6 Å². The molecule has 0 heterocycles. The first-order valence-electron chi connectivity index (χ1n) is 8.62. The maximum absolute atomic E-state index is 12.1. The third kappa shape index (κ3) is 5.73. The Labute approximate surface area is 164 Å². The SMILES string of the molecule is Cc1cc(Cl)ccc1NC(=O)C=Cc1ccc(OCc2ccccc2)cc1. The van der Waals surface area contributed by atoms with Crippen LogP contribution in [0.1, 0.15) is 16.7 Å². The Morgan fingerprint density at radius 3 is 2.48 bits per heavy atom. The molecule has 0 aromatic heterocycles. The Bertz CT molecular complexity index is 934. The number of ether oxygens (including phenoxy) is 1. The molecule has 3 aromatic carbocycles. The third-order valence-electron chi connectivity index (χ3n) is 4.00. The highest BCUT2D eigenvalue weighted by atomic mass is 35.5. The zero-order chi connectivity index (χ0) is 19.1. The van der Waals surface area contributed by atoms with Crippen LogP contribution in [0.2, 0.25) is 5.02 Å². The lowest BCUT2D eigenvalue weighted by atomic mass is 10.2. The van der Waals surface area contributed by atoms with Gasteiger partial charge >= 0.3 is 0 Å². The van der Waals surface area contributed by atoms with E-state index in [1.54, 1.807) is 18.2 Å². The van der Waals surface area contributed by atoms with Gasteiger partial charge in [-0.15, -0.1) is 0 Å². The van der Waals surface area contributed by atoms with Crippen LogP contribution in [0.4, 0.5) is 5.69 Å². The van der Waals surface area contributed by atoms with Crippen molar-refractivity contribution in [3.8, 4) is 5.75 Å². The molecule has 3 nitrogen and oxygen atoms in total. The number of halogens is 1. The van der Waals surface area contributed by atoms with Crippen molar-refractivity contribution in [2.75, 3.05) is 5.32 Å². The average molecular weight is 378 g/mol. The number of anilines is 1. The Hall–Kier alpha value is -3.04. The fourth-order valence-electron chi connectivity index (χ4n) is 2.53. The number of amides is 1. The number of carbonyl (C=O) groups is 1. The number of benzene rings is 3. The summed E-state index contributed by atoms with van der Waals surface area (Å²) < 4.78 is 5.76. The van der Waals surface area contributed by atoms with E-state index >= 15 is 0 Å². The molecule has 27 heavy (non-hydrogen) atoms. The minimum absolute atomic E-state index is 0.190. The van der Waals surface area contributed by atoms with Gasteiger partial charge in [0.25, 0.3) is 0 Å². The predicted molar refractivity (Wildman–Crippen MR) is 111 cm³/mol. The highest BCUT2D eigenvalue weighted by molar-refractivity contribution is 6.30. The summed E-state index contributed by atoms with van der Waals surface area (Å²) in [5.41, 5.74) is 3.71. The monoisotopic (exact) mass is 377 g/mol. The molecule has 0 atom stereocenters. The van der Waals surface area contributed by atoms with Crippen LogP contribution in [0.5, 0.6) is 5.75 Å². The van der Waals surface area contributed by atoms with Gasteiger partial charge in [-0.1, -0.05) is 54.1 Å². The summed E-state index contributed by atoms with van der Waals surface area (Å²) in [6.07, 6.45) is 3.27. The van der Waals surface area contributed by atoms with Gasteiger partial charge in [-0.25, -0.2) is 0 Å². The van der Waals surface area contributed by atoms with Crippen LogP contribution in [0, 0.1) is 6.92 Å². The van der Waals surface area contributed by atoms with E-state index in [4.69, 9.17) is 16.3 Å². The van der Waals surface area contributed by atoms with E-state index in [1.165, 1.54) is 6.08 Å². The summed E-state index contributed by atoms with van der Waals surface area (Å²) >= 11 is 5.93. The zero-order valence-electron chi connectivity index (χ0n) is 15.0. The van der Waals surface area contributed by atoms with Crippen LogP contribution in [0.25, 0.3) is 6.08 Å². The summed E-state index contributed by atoms with van der Waals surface area (Å²) in [5.74, 6) is 0.599. The summed E-state index contributed by atoms with van der Waals surface area (Å²) in [7, 11) is 0. The predicted octanol–water partition coefficient (Wildman–Crippen LogP) is 5.88. The van der Waals surface area contributed by atoms with Crippen LogP contribution in [-0.2, 0) is 11.4 Å². The number of hydrogen-bond acceptors (Lipinski definition) is 2. The minimum atomic E-state index is -0.190. The van der Waals surface area contributed by atoms with Gasteiger partial charge in [-0.2, -0.15) is 0 Å². The smallest absolute Gasteiger partial charge is 0.248 e. The lowest BCUT2D eigenvalue weighted by Gasteiger charge is -2.07. The normalized spacial score (nSPS) is 10.7. The van der Waals surface area contributed by atoms with Crippen molar-refractivity contribution in [2.45, 2.75) is 13.5 Å². The highest BCUT2D eigenvalue weighted by Crippen LogP contribution is 2.20. The minimum Gasteiger partial charge on any atom is -0.489 e. The van der Waals surface area contributed by atoms with E-state index in [1.807, 2.05) is 67.6 Å². The molecular weight excluding hydrogens is 358 g/mol. The molecule has 0 bridgehead atoms. The zero-order valence-corrected chi connectivity index (χ0v) is 15.7. The molecule has 4 heteroatoms. The Balaban J connectivity index is 1.54. The Morgan fingerprint density at radius 2 is 1.78 bits per heavy atom. The summed E-state index contributed by atoms with van der Waals surface area (Å²) in [6.45, 7) is 2.43. The first-order valence-corrected chi connectivity index (χ1v) is 9.00. The summed E-state index contributed by atoms with van der Waals surface area (Å²) in [4.78, 5) is 12.1. The van der Waals surface area contributed by atoms with Crippen molar-refractivity contribution in [2.24, 2.45) is 0 Å². The lowest BCUT2D eigenvalue weighted by molar-refractivity contribution is -0.111. The molecule has 0 aliphatic rings. The summed E-state index contributed by atoms with van der Waals surface area (Å²) in [6, 6.07) is 23.0. The molecular formula is C23H20ClNO2. The van der Waals surface area contributed by atoms with Crippen molar-refractivity contribution in [3.05, 3.63) is 101 Å². The maximum Gasteiger partial charge on any atom is 0.248 e. The molecule has 136 valence electrons. The standard InChI is InChI=1S/C23H20ClNO2/c1-17-15-20(24)10-13-22(17)25-23(26)14-9-18-7-11-21(12-8-18)27-16-19-5-3-2-4-6-19/h2-15H,16H2,1H3,(H,25,26). The molecule has 1 amide bonds. The van der Waals surface area contributed by atoms with Crippen molar-refractivity contribution in [1.29, 1.82) is 0 Å². The quantitative estimate of drug-likeness (QED) is 0.545. The van der Waals surface area contributed by atoms with E-state index in [9.17, 15) is 4.79 Å². The highest BCUT2D eigenvalue weighted by Gasteiger charge is 2.02. The van der Waals surface area contributed by atoms with Gasteiger partial charge in [0.1, 0.15) is 12.4 Å². The molecule has 0 radical (unpaired) electrons. The van der Waals surface area contributed by atoms with Gasteiger partial charge in [0.2, 0.25) is 5.91 Å². The number of aryl methyl sites for hydroxylation is 1. The Morgan fingerprint density at radius 1 is 1.04 bits per heavy atom. The second kappa shape index (κ2) is 9.06. The van der Waals surface area contributed by atoms with Crippen LogP contribution < -0.4 is 10.1 Å². The Kier molecular flexibility index (Phi) is 6.29. The number of nitrogens with one attached hydrogen (secondary N) is 1. The maximum atomic E-state index is 12.1. The fourth-order valence-corrected chi connectivity index (χ4v) is 2.76. The molecule has 1 N–H and O–H groups in total. The molecule has 0 saturated carbocycles. The van der Waals surface area contributed by atoms with Gasteiger partial charge in [-0.05, 0) is 60.0 Å². The first kappa shape index (κ1) is 18.7.